The monoisotopic (exact) mass is 189 g/mol. The molecule has 3 nitrogen and oxygen atoms in total. The van der Waals surface area contributed by atoms with Crippen molar-refractivity contribution < 1.29 is 9.47 Å². The van der Waals surface area contributed by atoms with Gasteiger partial charge < -0.3 is 14.8 Å². The molecule has 0 aromatic heterocycles. The summed E-state index contributed by atoms with van der Waals surface area (Å²) in [4.78, 5) is 0. The predicted octanol–water partition coefficient (Wildman–Crippen LogP) is 1.42. The van der Waals surface area contributed by atoms with Crippen LogP contribution in [-0.4, -0.2) is 38.5 Å². The molecule has 0 spiro atoms. The van der Waals surface area contributed by atoms with Crippen LogP contribution in [0.25, 0.3) is 0 Å². The normalized spacial score (nSPS) is 18.2. The van der Waals surface area contributed by atoms with Gasteiger partial charge in [-0.3, -0.25) is 0 Å². The molecule has 0 radical (unpaired) electrons. The summed E-state index contributed by atoms with van der Waals surface area (Å²) >= 11 is 0. The zero-order chi connectivity index (χ0) is 10.3. The van der Waals surface area contributed by atoms with Gasteiger partial charge in [0.25, 0.3) is 0 Å². The van der Waals surface area contributed by atoms with Crippen LogP contribution < -0.4 is 5.32 Å². The molecule has 0 bridgehead atoms. The summed E-state index contributed by atoms with van der Waals surface area (Å²) in [6.07, 6.45) is 0.519. The molecule has 3 atom stereocenters. The molecule has 0 amide bonds. The standard InChI is InChI=1S/C10H23NO2/c1-6-13-8(2)7-11-9(3)10(4)12-5/h8-11H,6-7H2,1-5H3. The minimum absolute atomic E-state index is 0.244. The van der Waals surface area contributed by atoms with E-state index >= 15 is 0 Å². The molecule has 1 N–H and O–H groups in total. The summed E-state index contributed by atoms with van der Waals surface area (Å²) in [5, 5.41) is 3.37. The summed E-state index contributed by atoms with van der Waals surface area (Å²) in [5.41, 5.74) is 0. The smallest absolute Gasteiger partial charge is 0.0693 e. The highest BCUT2D eigenvalue weighted by Gasteiger charge is 2.11. The van der Waals surface area contributed by atoms with Gasteiger partial charge in [0, 0.05) is 26.3 Å². The lowest BCUT2D eigenvalue weighted by Crippen LogP contribution is -2.40. The highest BCUT2D eigenvalue weighted by molar-refractivity contribution is 4.69. The fourth-order valence-corrected chi connectivity index (χ4v) is 1.07. The Morgan fingerprint density at radius 1 is 1.23 bits per heavy atom. The van der Waals surface area contributed by atoms with Crippen molar-refractivity contribution in [3.05, 3.63) is 0 Å². The Bertz CT molecular complexity index is 119. The van der Waals surface area contributed by atoms with Gasteiger partial charge in [-0.05, 0) is 27.7 Å². The molecule has 0 aliphatic carbocycles. The summed E-state index contributed by atoms with van der Waals surface area (Å²) in [5.74, 6) is 0. The largest absolute Gasteiger partial charge is 0.380 e. The van der Waals surface area contributed by atoms with Gasteiger partial charge in [-0.15, -0.1) is 0 Å². The first-order chi connectivity index (χ1) is 6.11. The number of ether oxygens (including phenoxy) is 2. The molecule has 13 heavy (non-hydrogen) atoms. The number of hydrogen-bond donors (Lipinski definition) is 1. The zero-order valence-electron chi connectivity index (χ0n) is 9.46. The van der Waals surface area contributed by atoms with Crippen LogP contribution in [0.4, 0.5) is 0 Å². The van der Waals surface area contributed by atoms with E-state index in [1.807, 2.05) is 6.92 Å². The maximum Gasteiger partial charge on any atom is 0.0693 e. The second-order valence-corrected chi connectivity index (χ2v) is 3.40. The van der Waals surface area contributed by atoms with E-state index in [1.165, 1.54) is 0 Å². The molecule has 3 unspecified atom stereocenters. The van der Waals surface area contributed by atoms with Gasteiger partial charge in [-0.25, -0.2) is 0 Å². The molecule has 0 aliphatic rings. The molecule has 3 heteroatoms. The van der Waals surface area contributed by atoms with Crippen LogP contribution in [0, 0.1) is 0 Å². The first kappa shape index (κ1) is 12.9. The van der Waals surface area contributed by atoms with Crippen molar-refractivity contribution in [3.8, 4) is 0 Å². The topological polar surface area (TPSA) is 30.5 Å². The average Bonchev–Trinajstić information content (AvgIpc) is 2.13. The van der Waals surface area contributed by atoms with Crippen LogP contribution in [0.15, 0.2) is 0 Å². The van der Waals surface area contributed by atoms with E-state index in [0.717, 1.165) is 13.2 Å². The van der Waals surface area contributed by atoms with Gasteiger partial charge in [0.05, 0.1) is 12.2 Å². The van der Waals surface area contributed by atoms with Gasteiger partial charge in [0.1, 0.15) is 0 Å². The quantitative estimate of drug-likeness (QED) is 0.657. The van der Waals surface area contributed by atoms with Gasteiger partial charge in [-0.1, -0.05) is 0 Å². The maximum absolute atomic E-state index is 5.40. The number of methoxy groups -OCH3 is 1. The Kier molecular flexibility index (Phi) is 7.23. The molecule has 0 aliphatic heterocycles. The van der Waals surface area contributed by atoms with Crippen molar-refractivity contribution in [2.45, 2.75) is 45.9 Å². The van der Waals surface area contributed by atoms with E-state index in [4.69, 9.17) is 9.47 Å². The van der Waals surface area contributed by atoms with Crippen molar-refractivity contribution in [1.29, 1.82) is 0 Å². The minimum atomic E-state index is 0.244. The minimum Gasteiger partial charge on any atom is -0.380 e. The summed E-state index contributed by atoms with van der Waals surface area (Å²) < 4.78 is 10.6. The fourth-order valence-electron chi connectivity index (χ4n) is 1.07. The van der Waals surface area contributed by atoms with E-state index in [0.29, 0.717) is 6.04 Å². The highest BCUT2D eigenvalue weighted by Crippen LogP contribution is 1.97. The maximum atomic E-state index is 5.40. The van der Waals surface area contributed by atoms with Crippen LogP contribution in [0.1, 0.15) is 27.7 Å². The van der Waals surface area contributed by atoms with E-state index in [2.05, 4.69) is 26.1 Å². The molecular weight excluding hydrogens is 166 g/mol. The molecule has 0 saturated carbocycles. The second-order valence-electron chi connectivity index (χ2n) is 3.40. The lowest BCUT2D eigenvalue weighted by Gasteiger charge is -2.22. The van der Waals surface area contributed by atoms with Crippen molar-refractivity contribution >= 4 is 0 Å². The predicted molar refractivity (Wildman–Crippen MR) is 55.0 cm³/mol. The summed E-state index contributed by atoms with van der Waals surface area (Å²) in [6.45, 7) is 9.91. The third kappa shape index (κ3) is 6.02. The molecule has 0 aromatic rings. The SMILES string of the molecule is CCOC(C)CNC(C)C(C)OC. The van der Waals surface area contributed by atoms with Crippen LogP contribution in [0.3, 0.4) is 0 Å². The molecule has 0 rings (SSSR count). The lowest BCUT2D eigenvalue weighted by atomic mass is 10.2. The summed E-state index contributed by atoms with van der Waals surface area (Å²) in [7, 11) is 1.73. The summed E-state index contributed by atoms with van der Waals surface area (Å²) in [6, 6.07) is 0.368. The van der Waals surface area contributed by atoms with E-state index in [1.54, 1.807) is 7.11 Å². The molecular formula is C10H23NO2. The van der Waals surface area contributed by atoms with E-state index in [9.17, 15) is 0 Å². The van der Waals surface area contributed by atoms with Gasteiger partial charge in [-0.2, -0.15) is 0 Å². The fraction of sp³-hybridized carbons (Fsp3) is 1.00. The van der Waals surface area contributed by atoms with E-state index in [-0.39, 0.29) is 12.2 Å². The second kappa shape index (κ2) is 7.30. The molecule has 80 valence electrons. The van der Waals surface area contributed by atoms with Crippen molar-refractivity contribution in [3.63, 3.8) is 0 Å². The first-order valence-corrected chi connectivity index (χ1v) is 4.99. The Morgan fingerprint density at radius 2 is 1.85 bits per heavy atom. The third-order valence-electron chi connectivity index (χ3n) is 2.25. The Hall–Kier alpha value is -0.120. The van der Waals surface area contributed by atoms with Crippen LogP contribution >= 0.6 is 0 Å². The molecule has 0 saturated heterocycles. The number of hydrogen-bond acceptors (Lipinski definition) is 3. The van der Waals surface area contributed by atoms with Crippen molar-refractivity contribution in [2.75, 3.05) is 20.3 Å². The first-order valence-electron chi connectivity index (χ1n) is 4.99. The zero-order valence-corrected chi connectivity index (χ0v) is 9.46. The Balaban J connectivity index is 3.50. The van der Waals surface area contributed by atoms with Gasteiger partial charge in [0.2, 0.25) is 0 Å². The molecule has 0 fully saturated rings. The third-order valence-corrected chi connectivity index (χ3v) is 2.25. The van der Waals surface area contributed by atoms with Crippen LogP contribution in [0.2, 0.25) is 0 Å². The Morgan fingerprint density at radius 3 is 2.31 bits per heavy atom. The average molecular weight is 189 g/mol. The number of nitrogens with one attached hydrogen (secondary N) is 1. The van der Waals surface area contributed by atoms with Gasteiger partial charge in [0.15, 0.2) is 0 Å². The van der Waals surface area contributed by atoms with Crippen molar-refractivity contribution in [1.82, 2.24) is 5.32 Å². The highest BCUT2D eigenvalue weighted by atomic mass is 16.5. The Labute approximate surface area is 81.8 Å². The van der Waals surface area contributed by atoms with Crippen molar-refractivity contribution in [2.24, 2.45) is 0 Å². The van der Waals surface area contributed by atoms with Gasteiger partial charge >= 0.3 is 0 Å². The van der Waals surface area contributed by atoms with E-state index < -0.39 is 0 Å². The van der Waals surface area contributed by atoms with Crippen LogP contribution in [-0.2, 0) is 9.47 Å². The van der Waals surface area contributed by atoms with Crippen LogP contribution in [0.5, 0.6) is 0 Å². The lowest BCUT2D eigenvalue weighted by molar-refractivity contribution is 0.0571. The molecule has 0 aromatic carbocycles. The molecule has 0 heterocycles. The number of rotatable bonds is 7.